The number of nitrogens with zero attached hydrogens (tertiary/aromatic N) is 2. The van der Waals surface area contributed by atoms with Crippen LogP contribution in [0.1, 0.15) is 78.9 Å². The molecule has 224 valence electrons. The molecule has 0 spiro atoms. The van der Waals surface area contributed by atoms with Crippen LogP contribution in [0.5, 0.6) is 5.75 Å². The molecule has 6 heteroatoms. The van der Waals surface area contributed by atoms with E-state index in [1.54, 1.807) is 31.1 Å². The lowest BCUT2D eigenvalue weighted by atomic mass is 10.0. The van der Waals surface area contributed by atoms with Crippen molar-refractivity contribution in [2.45, 2.75) is 71.4 Å². The van der Waals surface area contributed by atoms with Crippen molar-refractivity contribution in [3.63, 3.8) is 0 Å². The molecule has 0 aliphatic rings. The number of carboxylic acid groups (broad SMARTS) is 1. The molecule has 1 amide bonds. The van der Waals surface area contributed by atoms with E-state index in [9.17, 15) is 14.7 Å². The number of hydrogen-bond donors (Lipinski definition) is 1. The van der Waals surface area contributed by atoms with E-state index in [-0.39, 0.29) is 11.5 Å². The van der Waals surface area contributed by atoms with Gasteiger partial charge in [0.05, 0.1) is 5.56 Å². The van der Waals surface area contributed by atoms with Gasteiger partial charge in [-0.05, 0) is 60.2 Å². The van der Waals surface area contributed by atoms with Crippen LogP contribution in [-0.4, -0.2) is 42.5 Å². The summed E-state index contributed by atoms with van der Waals surface area (Å²) < 4.78 is 5.96. The number of ether oxygens (including phenoxy) is 1. The number of terminal acetylenes is 1. The molecular formula is C36H46N2O4. The summed E-state index contributed by atoms with van der Waals surface area (Å²) in [5, 5.41) is 9.74. The normalized spacial score (nSPS) is 10.3. The van der Waals surface area contributed by atoms with E-state index in [0.29, 0.717) is 32.5 Å². The van der Waals surface area contributed by atoms with E-state index in [1.165, 1.54) is 19.3 Å². The molecule has 0 heterocycles. The molecule has 42 heavy (non-hydrogen) atoms. The van der Waals surface area contributed by atoms with Crippen molar-refractivity contribution in [1.82, 2.24) is 4.90 Å². The highest BCUT2D eigenvalue weighted by molar-refractivity contribution is 5.89. The van der Waals surface area contributed by atoms with Crippen LogP contribution in [0.4, 0.5) is 5.69 Å². The van der Waals surface area contributed by atoms with E-state index in [1.807, 2.05) is 48.5 Å². The lowest BCUT2D eigenvalue weighted by Gasteiger charge is -2.28. The van der Waals surface area contributed by atoms with Crippen molar-refractivity contribution in [3.8, 4) is 18.6 Å². The van der Waals surface area contributed by atoms with Crippen LogP contribution in [0.2, 0.25) is 0 Å². The third kappa shape index (κ3) is 11.7. The van der Waals surface area contributed by atoms with E-state index in [2.05, 4.69) is 36.8 Å². The Morgan fingerprint density at radius 3 is 2.17 bits per heavy atom. The molecule has 0 radical (unpaired) electrons. The van der Waals surface area contributed by atoms with Gasteiger partial charge in [-0.3, -0.25) is 4.79 Å². The van der Waals surface area contributed by atoms with Crippen LogP contribution in [0.15, 0.2) is 72.8 Å². The van der Waals surface area contributed by atoms with Gasteiger partial charge >= 0.3 is 5.97 Å². The lowest BCUT2D eigenvalue weighted by Crippen LogP contribution is -2.28. The SMILES string of the molecule is C#C.CCCCCCCc1ccc(C(=O)O)cc1N(CCCC(=O)N(C)C)Cc1ccc(OCc2ccccc2)cc1. The second-order valence-corrected chi connectivity index (χ2v) is 10.5. The molecule has 0 saturated heterocycles. The molecule has 3 rings (SSSR count). The number of carboxylic acids is 1. The van der Waals surface area contributed by atoms with Crippen molar-refractivity contribution < 1.29 is 19.4 Å². The van der Waals surface area contributed by atoms with Gasteiger partial charge in [-0.2, -0.15) is 0 Å². The van der Waals surface area contributed by atoms with Gasteiger partial charge in [0, 0.05) is 39.3 Å². The molecule has 0 unspecified atom stereocenters. The lowest BCUT2D eigenvalue weighted by molar-refractivity contribution is -0.128. The van der Waals surface area contributed by atoms with Crippen LogP contribution >= 0.6 is 0 Å². The molecule has 0 aliphatic heterocycles. The molecule has 0 atom stereocenters. The van der Waals surface area contributed by atoms with Gasteiger partial charge in [-0.1, -0.05) is 81.1 Å². The predicted octanol–water partition coefficient (Wildman–Crippen LogP) is 7.60. The maximum atomic E-state index is 12.3. The topological polar surface area (TPSA) is 70.1 Å². The average Bonchev–Trinajstić information content (AvgIpc) is 3.01. The monoisotopic (exact) mass is 570 g/mol. The van der Waals surface area contributed by atoms with Gasteiger partial charge in [0.2, 0.25) is 5.91 Å². The van der Waals surface area contributed by atoms with Gasteiger partial charge < -0.3 is 19.6 Å². The van der Waals surface area contributed by atoms with Gasteiger partial charge in [-0.25, -0.2) is 4.79 Å². The minimum Gasteiger partial charge on any atom is -0.489 e. The highest BCUT2D eigenvalue weighted by Crippen LogP contribution is 2.28. The standard InChI is InChI=1S/C34H44N2O4.C2H2/c1-4-5-6-7-11-15-29-19-20-30(34(38)39)24-32(29)36(23-12-16-33(37)35(2)3)25-27-17-21-31(22-18-27)40-26-28-13-9-8-10-14-28;1-2/h8-10,13-14,17-22,24H,4-7,11-12,15-16,23,25-26H2,1-3H3,(H,38,39);1-2H. The maximum absolute atomic E-state index is 12.3. The fraction of sp³-hybridized carbons (Fsp3) is 0.389. The van der Waals surface area contributed by atoms with Crippen LogP contribution in [0, 0.1) is 12.8 Å². The molecule has 0 aliphatic carbocycles. The molecular weight excluding hydrogens is 524 g/mol. The first-order valence-corrected chi connectivity index (χ1v) is 14.8. The third-order valence-electron chi connectivity index (χ3n) is 7.09. The van der Waals surface area contributed by atoms with Gasteiger partial charge in [0.1, 0.15) is 12.4 Å². The van der Waals surface area contributed by atoms with Gasteiger partial charge in [-0.15, -0.1) is 12.8 Å². The van der Waals surface area contributed by atoms with Crippen molar-refractivity contribution in [1.29, 1.82) is 0 Å². The molecule has 6 nitrogen and oxygen atoms in total. The Hall–Kier alpha value is -4.24. The number of anilines is 1. The quantitative estimate of drug-likeness (QED) is 0.134. The number of carbonyl (C=O) groups is 2. The van der Waals surface area contributed by atoms with Gasteiger partial charge in [0.15, 0.2) is 0 Å². The first-order valence-electron chi connectivity index (χ1n) is 14.8. The van der Waals surface area contributed by atoms with E-state index < -0.39 is 5.97 Å². The Bertz CT molecular complexity index is 1240. The van der Waals surface area contributed by atoms with E-state index in [4.69, 9.17) is 4.74 Å². The van der Waals surface area contributed by atoms with Crippen LogP contribution < -0.4 is 9.64 Å². The zero-order chi connectivity index (χ0) is 30.7. The van der Waals surface area contributed by atoms with Crippen molar-refractivity contribution in [2.24, 2.45) is 0 Å². The molecule has 0 aromatic heterocycles. The summed E-state index contributed by atoms with van der Waals surface area (Å²) in [6, 6.07) is 23.6. The Morgan fingerprint density at radius 1 is 0.833 bits per heavy atom. The number of carbonyl (C=O) groups excluding carboxylic acids is 1. The fourth-order valence-corrected chi connectivity index (χ4v) is 4.70. The highest BCUT2D eigenvalue weighted by atomic mass is 16.5. The zero-order valence-corrected chi connectivity index (χ0v) is 25.4. The Morgan fingerprint density at radius 2 is 1.52 bits per heavy atom. The highest BCUT2D eigenvalue weighted by Gasteiger charge is 2.16. The summed E-state index contributed by atoms with van der Waals surface area (Å²) in [6.45, 7) is 3.98. The Balaban J connectivity index is 0.00000301. The Kier molecular flexibility index (Phi) is 15.4. The average molecular weight is 571 g/mol. The van der Waals surface area contributed by atoms with Crippen LogP contribution in [0.25, 0.3) is 0 Å². The number of hydrogen-bond acceptors (Lipinski definition) is 4. The molecule has 3 aromatic rings. The number of amides is 1. The summed E-state index contributed by atoms with van der Waals surface area (Å²) in [7, 11) is 3.54. The number of rotatable bonds is 17. The maximum Gasteiger partial charge on any atom is 0.335 e. The first-order chi connectivity index (χ1) is 20.4. The summed E-state index contributed by atoms with van der Waals surface area (Å²) in [4.78, 5) is 28.0. The Labute approximate surface area is 252 Å². The third-order valence-corrected chi connectivity index (χ3v) is 7.09. The number of aryl methyl sites for hydroxylation is 1. The largest absolute Gasteiger partial charge is 0.489 e. The van der Waals surface area contributed by atoms with Crippen molar-refractivity contribution >= 4 is 17.6 Å². The van der Waals surface area contributed by atoms with E-state index >= 15 is 0 Å². The molecule has 0 saturated carbocycles. The second-order valence-electron chi connectivity index (χ2n) is 10.5. The van der Waals surface area contributed by atoms with Crippen LogP contribution in [-0.2, 0) is 24.4 Å². The zero-order valence-electron chi connectivity index (χ0n) is 25.4. The molecule has 0 bridgehead atoms. The molecule has 3 aromatic carbocycles. The van der Waals surface area contributed by atoms with Crippen molar-refractivity contribution in [3.05, 3.63) is 95.1 Å². The smallest absolute Gasteiger partial charge is 0.335 e. The number of benzene rings is 3. The predicted molar refractivity (Wildman–Crippen MR) is 172 cm³/mol. The minimum atomic E-state index is -0.932. The molecule has 0 fully saturated rings. The van der Waals surface area contributed by atoms with Crippen molar-refractivity contribution in [2.75, 3.05) is 25.5 Å². The summed E-state index contributed by atoms with van der Waals surface area (Å²) >= 11 is 0. The number of aromatic carboxylic acids is 1. The summed E-state index contributed by atoms with van der Waals surface area (Å²) in [5.74, 6) is -0.0370. The van der Waals surface area contributed by atoms with E-state index in [0.717, 1.165) is 47.4 Å². The second kappa shape index (κ2) is 19.0. The summed E-state index contributed by atoms with van der Waals surface area (Å²) in [6.07, 6.45) is 15.9. The first kappa shape index (κ1) is 34.0. The fourth-order valence-electron chi connectivity index (χ4n) is 4.70. The molecule has 1 N–H and O–H groups in total. The minimum absolute atomic E-state index is 0.0929. The van der Waals surface area contributed by atoms with Crippen LogP contribution in [0.3, 0.4) is 0 Å². The number of unbranched alkanes of at least 4 members (excludes halogenated alkanes) is 4. The van der Waals surface area contributed by atoms with Gasteiger partial charge in [0.25, 0.3) is 0 Å². The summed E-state index contributed by atoms with van der Waals surface area (Å²) in [5.41, 5.74) is 4.59.